The summed E-state index contributed by atoms with van der Waals surface area (Å²) in [6.07, 6.45) is -0.459. The van der Waals surface area contributed by atoms with Crippen LogP contribution in [0.1, 0.15) is 25.5 Å². The lowest BCUT2D eigenvalue weighted by Crippen LogP contribution is -1.92. The van der Waals surface area contributed by atoms with E-state index in [1.165, 1.54) is 0 Å². The second kappa shape index (κ2) is 6.25. The summed E-state index contributed by atoms with van der Waals surface area (Å²) in [6, 6.07) is 14.9. The van der Waals surface area contributed by atoms with Gasteiger partial charge in [-0.15, -0.1) is 0 Å². The third kappa shape index (κ3) is 3.73. The van der Waals surface area contributed by atoms with E-state index in [1.54, 1.807) is 6.92 Å². The first-order valence-electron chi connectivity index (χ1n) is 6.38. The van der Waals surface area contributed by atoms with Crippen LogP contribution >= 0.6 is 0 Å². The SMILES string of the molecule is CCOc1ccc(Oc2ccc(C(C)O)cc2)cc1. The molecule has 0 radical (unpaired) electrons. The van der Waals surface area contributed by atoms with Gasteiger partial charge in [-0.2, -0.15) is 0 Å². The van der Waals surface area contributed by atoms with E-state index in [9.17, 15) is 5.11 Å². The van der Waals surface area contributed by atoms with Crippen LogP contribution in [0.2, 0.25) is 0 Å². The van der Waals surface area contributed by atoms with E-state index in [2.05, 4.69) is 0 Å². The third-order valence-corrected chi connectivity index (χ3v) is 2.73. The summed E-state index contributed by atoms with van der Waals surface area (Å²) in [5.74, 6) is 2.33. The highest BCUT2D eigenvalue weighted by Gasteiger charge is 2.02. The molecule has 0 saturated heterocycles. The number of rotatable bonds is 5. The summed E-state index contributed by atoms with van der Waals surface area (Å²) in [7, 11) is 0. The van der Waals surface area contributed by atoms with E-state index in [0.717, 1.165) is 22.8 Å². The van der Waals surface area contributed by atoms with Crippen molar-refractivity contribution in [1.29, 1.82) is 0 Å². The summed E-state index contributed by atoms with van der Waals surface area (Å²) < 4.78 is 11.1. The van der Waals surface area contributed by atoms with Gasteiger partial charge in [-0.3, -0.25) is 0 Å². The number of ether oxygens (including phenoxy) is 2. The van der Waals surface area contributed by atoms with Gasteiger partial charge >= 0.3 is 0 Å². The topological polar surface area (TPSA) is 38.7 Å². The van der Waals surface area contributed by atoms with E-state index >= 15 is 0 Å². The first-order chi connectivity index (χ1) is 9.19. The molecule has 0 aliphatic heterocycles. The van der Waals surface area contributed by atoms with Gasteiger partial charge in [-0.1, -0.05) is 12.1 Å². The molecule has 3 heteroatoms. The van der Waals surface area contributed by atoms with Crippen LogP contribution in [0.3, 0.4) is 0 Å². The highest BCUT2D eigenvalue weighted by atomic mass is 16.5. The van der Waals surface area contributed by atoms with E-state index in [1.807, 2.05) is 55.5 Å². The first kappa shape index (κ1) is 13.4. The monoisotopic (exact) mass is 258 g/mol. The van der Waals surface area contributed by atoms with Crippen LogP contribution in [0.5, 0.6) is 17.2 Å². The van der Waals surface area contributed by atoms with Crippen LogP contribution < -0.4 is 9.47 Å². The van der Waals surface area contributed by atoms with Crippen LogP contribution in [0.4, 0.5) is 0 Å². The van der Waals surface area contributed by atoms with Gasteiger partial charge < -0.3 is 14.6 Å². The summed E-state index contributed by atoms with van der Waals surface area (Å²) in [4.78, 5) is 0. The van der Waals surface area contributed by atoms with Gasteiger partial charge in [0, 0.05) is 0 Å². The maximum Gasteiger partial charge on any atom is 0.127 e. The Hall–Kier alpha value is -2.00. The average molecular weight is 258 g/mol. The molecule has 1 N–H and O–H groups in total. The Kier molecular flexibility index (Phi) is 4.42. The van der Waals surface area contributed by atoms with Crippen molar-refractivity contribution in [3.63, 3.8) is 0 Å². The lowest BCUT2D eigenvalue weighted by Gasteiger charge is -2.09. The van der Waals surface area contributed by atoms with Gasteiger partial charge in [0.15, 0.2) is 0 Å². The van der Waals surface area contributed by atoms with Crippen LogP contribution in [0.15, 0.2) is 48.5 Å². The maximum atomic E-state index is 9.43. The molecule has 0 fully saturated rings. The van der Waals surface area contributed by atoms with Gasteiger partial charge in [0.05, 0.1) is 12.7 Å². The van der Waals surface area contributed by atoms with Crippen molar-refractivity contribution in [2.75, 3.05) is 6.61 Å². The molecule has 0 amide bonds. The molecule has 1 unspecified atom stereocenters. The smallest absolute Gasteiger partial charge is 0.127 e. The van der Waals surface area contributed by atoms with Crippen molar-refractivity contribution in [2.45, 2.75) is 20.0 Å². The fraction of sp³-hybridized carbons (Fsp3) is 0.250. The van der Waals surface area contributed by atoms with Crippen molar-refractivity contribution in [3.05, 3.63) is 54.1 Å². The molecule has 0 spiro atoms. The zero-order valence-corrected chi connectivity index (χ0v) is 11.2. The zero-order chi connectivity index (χ0) is 13.7. The lowest BCUT2D eigenvalue weighted by atomic mass is 10.1. The molecule has 3 nitrogen and oxygen atoms in total. The molecule has 0 saturated carbocycles. The van der Waals surface area contributed by atoms with Crippen LogP contribution in [0, 0.1) is 0 Å². The number of aliphatic hydroxyl groups is 1. The molecule has 0 aromatic heterocycles. The quantitative estimate of drug-likeness (QED) is 0.883. The predicted molar refractivity (Wildman–Crippen MR) is 74.8 cm³/mol. The first-order valence-corrected chi connectivity index (χ1v) is 6.38. The van der Waals surface area contributed by atoms with Crippen molar-refractivity contribution < 1.29 is 14.6 Å². The molecular weight excluding hydrogens is 240 g/mol. The van der Waals surface area contributed by atoms with Crippen molar-refractivity contribution in [2.24, 2.45) is 0 Å². The highest BCUT2D eigenvalue weighted by Crippen LogP contribution is 2.25. The van der Waals surface area contributed by atoms with Gasteiger partial charge in [-0.05, 0) is 55.8 Å². The van der Waals surface area contributed by atoms with Crippen molar-refractivity contribution in [1.82, 2.24) is 0 Å². The number of aliphatic hydroxyl groups excluding tert-OH is 1. The van der Waals surface area contributed by atoms with Gasteiger partial charge in [0.1, 0.15) is 17.2 Å². The number of hydrogen-bond acceptors (Lipinski definition) is 3. The molecule has 1 atom stereocenters. The predicted octanol–water partition coefficient (Wildman–Crippen LogP) is 3.93. The average Bonchev–Trinajstić information content (AvgIpc) is 2.42. The summed E-state index contributed by atoms with van der Waals surface area (Å²) >= 11 is 0. The van der Waals surface area contributed by atoms with Gasteiger partial charge in [0.2, 0.25) is 0 Å². The van der Waals surface area contributed by atoms with Gasteiger partial charge in [0.25, 0.3) is 0 Å². The Bertz CT molecular complexity index is 501. The Balaban J connectivity index is 2.04. The fourth-order valence-corrected chi connectivity index (χ4v) is 1.72. The Morgan fingerprint density at radius 2 is 1.37 bits per heavy atom. The Morgan fingerprint density at radius 1 is 0.895 bits per heavy atom. The summed E-state index contributed by atoms with van der Waals surface area (Å²) in [6.45, 7) is 4.34. The highest BCUT2D eigenvalue weighted by molar-refractivity contribution is 5.36. The van der Waals surface area contributed by atoms with E-state index in [-0.39, 0.29) is 0 Å². The number of benzene rings is 2. The molecule has 2 rings (SSSR count). The Morgan fingerprint density at radius 3 is 1.84 bits per heavy atom. The van der Waals surface area contributed by atoms with E-state index < -0.39 is 6.10 Å². The fourth-order valence-electron chi connectivity index (χ4n) is 1.72. The van der Waals surface area contributed by atoms with Crippen LogP contribution in [-0.4, -0.2) is 11.7 Å². The van der Waals surface area contributed by atoms with Crippen molar-refractivity contribution in [3.8, 4) is 17.2 Å². The molecule has 0 aliphatic carbocycles. The summed E-state index contributed by atoms with van der Waals surface area (Å²) in [5.41, 5.74) is 0.874. The molecule has 19 heavy (non-hydrogen) atoms. The molecule has 100 valence electrons. The van der Waals surface area contributed by atoms with E-state index in [4.69, 9.17) is 9.47 Å². The molecule has 2 aromatic carbocycles. The number of hydrogen-bond donors (Lipinski definition) is 1. The summed E-state index contributed by atoms with van der Waals surface area (Å²) in [5, 5.41) is 9.43. The standard InChI is InChI=1S/C16H18O3/c1-3-18-14-8-10-16(11-9-14)19-15-6-4-13(5-7-15)12(2)17/h4-12,17H,3H2,1-2H3. The van der Waals surface area contributed by atoms with E-state index in [0.29, 0.717) is 6.61 Å². The second-order valence-electron chi connectivity index (χ2n) is 4.25. The van der Waals surface area contributed by atoms with Crippen molar-refractivity contribution >= 4 is 0 Å². The Labute approximate surface area is 113 Å². The van der Waals surface area contributed by atoms with Gasteiger partial charge in [-0.25, -0.2) is 0 Å². The molecule has 0 bridgehead atoms. The zero-order valence-electron chi connectivity index (χ0n) is 11.2. The third-order valence-electron chi connectivity index (χ3n) is 2.73. The normalized spacial score (nSPS) is 11.9. The minimum absolute atomic E-state index is 0.459. The van der Waals surface area contributed by atoms with Crippen LogP contribution in [0.25, 0.3) is 0 Å². The molecule has 0 heterocycles. The maximum absolute atomic E-state index is 9.43. The largest absolute Gasteiger partial charge is 0.494 e. The second-order valence-corrected chi connectivity index (χ2v) is 4.25. The molecular formula is C16H18O3. The molecule has 0 aliphatic rings. The van der Waals surface area contributed by atoms with Crippen LogP contribution in [-0.2, 0) is 0 Å². The molecule has 2 aromatic rings. The minimum Gasteiger partial charge on any atom is -0.494 e. The lowest BCUT2D eigenvalue weighted by molar-refractivity contribution is 0.199. The minimum atomic E-state index is -0.459.